The van der Waals surface area contributed by atoms with Gasteiger partial charge in [0.15, 0.2) is 6.61 Å². The number of furan rings is 1. The number of rotatable bonds is 6. The number of esters is 1. The van der Waals surface area contributed by atoms with Gasteiger partial charge in [-0.15, -0.1) is 0 Å². The second kappa shape index (κ2) is 7.29. The molecule has 0 aliphatic heterocycles. The molecule has 4 saturated carbocycles. The minimum absolute atomic E-state index is 0.0838. The second-order valence-corrected chi connectivity index (χ2v) is 9.77. The molecular weight excluding hydrogens is 378 g/mol. The van der Waals surface area contributed by atoms with E-state index >= 15 is 0 Å². The van der Waals surface area contributed by atoms with Gasteiger partial charge in [-0.3, -0.25) is 9.59 Å². The average molecular weight is 408 g/mol. The quantitative estimate of drug-likeness (QED) is 0.714. The SMILES string of the molecule is C[C@H](NC(=O)COC(=O)C12C[C@H]3C[C@@H](C1)CC(c1ccccc1)(C3)C2)c1ccco1. The summed E-state index contributed by atoms with van der Waals surface area (Å²) in [5.41, 5.74) is 1.01. The lowest BCUT2D eigenvalue weighted by Crippen LogP contribution is -2.57. The van der Waals surface area contributed by atoms with Crippen LogP contribution in [0.15, 0.2) is 53.1 Å². The molecule has 1 heterocycles. The van der Waals surface area contributed by atoms with Gasteiger partial charge in [-0.1, -0.05) is 30.3 Å². The van der Waals surface area contributed by atoms with E-state index < -0.39 is 5.41 Å². The van der Waals surface area contributed by atoms with Gasteiger partial charge >= 0.3 is 5.97 Å². The molecule has 0 spiro atoms. The molecule has 4 bridgehead atoms. The standard InChI is InChI=1S/C25H29NO4/c1-17(21-8-5-9-29-21)26-22(27)15-30-23(28)25-13-18-10-19(14-25)12-24(11-18,16-25)20-6-3-2-4-7-20/h2-9,17-19H,10-16H2,1H3,(H,26,27)/t17-,18-,19+,24?,25?/m0/s1. The van der Waals surface area contributed by atoms with Crippen LogP contribution >= 0.6 is 0 Å². The predicted octanol–water partition coefficient (Wildman–Crippen LogP) is 4.54. The average Bonchev–Trinajstić information content (AvgIpc) is 3.27. The molecule has 5 atom stereocenters. The summed E-state index contributed by atoms with van der Waals surface area (Å²) in [7, 11) is 0. The first-order chi connectivity index (χ1) is 14.5. The summed E-state index contributed by atoms with van der Waals surface area (Å²) in [6.07, 6.45) is 7.80. The van der Waals surface area contributed by atoms with Crippen molar-refractivity contribution in [3.63, 3.8) is 0 Å². The lowest BCUT2D eigenvalue weighted by atomic mass is 9.43. The summed E-state index contributed by atoms with van der Waals surface area (Å²) >= 11 is 0. The highest BCUT2D eigenvalue weighted by atomic mass is 16.5. The van der Waals surface area contributed by atoms with Crippen LogP contribution in [-0.2, 0) is 19.7 Å². The van der Waals surface area contributed by atoms with Gasteiger partial charge in [0.05, 0.1) is 17.7 Å². The molecule has 1 aromatic heterocycles. The Kier molecular flexibility index (Phi) is 4.72. The Balaban J connectivity index is 1.27. The van der Waals surface area contributed by atoms with Gasteiger partial charge in [0.2, 0.25) is 0 Å². The van der Waals surface area contributed by atoms with Gasteiger partial charge in [0.1, 0.15) is 5.76 Å². The Labute approximate surface area is 177 Å². The van der Waals surface area contributed by atoms with E-state index in [2.05, 4.69) is 35.6 Å². The lowest BCUT2D eigenvalue weighted by molar-refractivity contribution is -0.175. The van der Waals surface area contributed by atoms with Crippen LogP contribution in [0.2, 0.25) is 0 Å². The first kappa shape index (κ1) is 19.4. The molecular formula is C25H29NO4. The van der Waals surface area contributed by atoms with Crippen molar-refractivity contribution in [3.05, 3.63) is 60.1 Å². The third kappa shape index (κ3) is 3.34. The van der Waals surface area contributed by atoms with Crippen LogP contribution in [-0.4, -0.2) is 18.5 Å². The van der Waals surface area contributed by atoms with E-state index in [1.165, 1.54) is 24.8 Å². The van der Waals surface area contributed by atoms with Crippen molar-refractivity contribution >= 4 is 11.9 Å². The third-order valence-electron chi connectivity index (χ3n) is 7.56. The van der Waals surface area contributed by atoms with E-state index in [0.717, 1.165) is 19.3 Å². The third-order valence-corrected chi connectivity index (χ3v) is 7.56. The van der Waals surface area contributed by atoms with E-state index in [1.807, 2.05) is 13.0 Å². The molecule has 2 aromatic rings. The number of carbonyl (C=O) groups excluding carboxylic acids is 2. The molecule has 5 nitrogen and oxygen atoms in total. The van der Waals surface area contributed by atoms with Gasteiger partial charge in [-0.25, -0.2) is 0 Å². The minimum Gasteiger partial charge on any atom is -0.467 e. The highest BCUT2D eigenvalue weighted by Crippen LogP contribution is 2.66. The molecule has 4 aliphatic rings. The molecule has 4 aliphatic carbocycles. The van der Waals surface area contributed by atoms with Gasteiger partial charge in [-0.05, 0) is 80.4 Å². The maximum Gasteiger partial charge on any atom is 0.312 e. The lowest BCUT2D eigenvalue weighted by Gasteiger charge is -2.61. The molecule has 5 heteroatoms. The van der Waals surface area contributed by atoms with E-state index in [1.54, 1.807) is 12.3 Å². The Bertz CT molecular complexity index is 906. The molecule has 1 N–H and O–H groups in total. The fourth-order valence-electron chi connectivity index (χ4n) is 6.81. The minimum atomic E-state index is -0.438. The van der Waals surface area contributed by atoms with Crippen molar-refractivity contribution in [1.29, 1.82) is 0 Å². The van der Waals surface area contributed by atoms with Crippen LogP contribution in [0.5, 0.6) is 0 Å². The van der Waals surface area contributed by atoms with Crippen molar-refractivity contribution in [1.82, 2.24) is 5.32 Å². The number of carbonyl (C=O) groups is 2. The van der Waals surface area contributed by atoms with E-state index in [0.29, 0.717) is 17.6 Å². The number of ether oxygens (including phenoxy) is 1. The van der Waals surface area contributed by atoms with Gasteiger partial charge in [-0.2, -0.15) is 0 Å². The molecule has 6 rings (SSSR count). The predicted molar refractivity (Wildman–Crippen MR) is 111 cm³/mol. The highest BCUT2D eigenvalue weighted by molar-refractivity contribution is 5.83. The summed E-state index contributed by atoms with van der Waals surface area (Å²) in [5.74, 6) is 1.35. The summed E-state index contributed by atoms with van der Waals surface area (Å²) in [6, 6.07) is 14.0. The van der Waals surface area contributed by atoms with Crippen LogP contribution in [0.1, 0.15) is 62.8 Å². The second-order valence-electron chi connectivity index (χ2n) is 9.77. The van der Waals surface area contributed by atoms with Gasteiger partial charge < -0.3 is 14.5 Å². The first-order valence-corrected chi connectivity index (χ1v) is 11.0. The topological polar surface area (TPSA) is 68.5 Å². The summed E-state index contributed by atoms with van der Waals surface area (Å²) in [6.45, 7) is 1.61. The van der Waals surface area contributed by atoms with Crippen molar-refractivity contribution in [2.24, 2.45) is 17.3 Å². The Hall–Kier alpha value is -2.56. The number of hydrogen-bond acceptors (Lipinski definition) is 4. The molecule has 2 unspecified atom stereocenters. The van der Waals surface area contributed by atoms with Crippen LogP contribution in [0, 0.1) is 17.3 Å². The summed E-state index contributed by atoms with van der Waals surface area (Å²) < 4.78 is 10.9. The smallest absolute Gasteiger partial charge is 0.312 e. The largest absolute Gasteiger partial charge is 0.467 e. The number of hydrogen-bond donors (Lipinski definition) is 1. The molecule has 1 amide bonds. The number of amides is 1. The van der Waals surface area contributed by atoms with Gasteiger partial charge in [0, 0.05) is 0 Å². The van der Waals surface area contributed by atoms with Crippen LogP contribution in [0.4, 0.5) is 0 Å². The Morgan fingerprint density at radius 3 is 2.50 bits per heavy atom. The van der Waals surface area contributed by atoms with Crippen molar-refractivity contribution in [2.75, 3.05) is 6.61 Å². The zero-order valence-corrected chi connectivity index (χ0v) is 17.4. The molecule has 0 radical (unpaired) electrons. The van der Waals surface area contributed by atoms with Crippen LogP contribution in [0.3, 0.4) is 0 Å². The van der Waals surface area contributed by atoms with Gasteiger partial charge in [0.25, 0.3) is 5.91 Å². The maximum atomic E-state index is 13.3. The fraction of sp³-hybridized carbons (Fsp3) is 0.520. The van der Waals surface area contributed by atoms with Crippen molar-refractivity contribution in [3.8, 4) is 0 Å². The van der Waals surface area contributed by atoms with E-state index in [4.69, 9.17) is 9.15 Å². The molecule has 4 fully saturated rings. The molecule has 0 saturated heterocycles. The monoisotopic (exact) mass is 407 g/mol. The Morgan fingerprint density at radius 1 is 1.10 bits per heavy atom. The Morgan fingerprint density at radius 2 is 1.83 bits per heavy atom. The molecule has 30 heavy (non-hydrogen) atoms. The summed E-state index contributed by atoms with van der Waals surface area (Å²) in [5, 5.41) is 2.83. The first-order valence-electron chi connectivity index (χ1n) is 11.0. The number of benzene rings is 1. The van der Waals surface area contributed by atoms with Crippen LogP contribution < -0.4 is 5.32 Å². The zero-order chi connectivity index (χ0) is 20.8. The number of nitrogens with one attached hydrogen (secondary N) is 1. The van der Waals surface area contributed by atoms with E-state index in [9.17, 15) is 9.59 Å². The van der Waals surface area contributed by atoms with Crippen molar-refractivity contribution < 1.29 is 18.7 Å². The zero-order valence-electron chi connectivity index (χ0n) is 17.4. The van der Waals surface area contributed by atoms with Crippen LogP contribution in [0.25, 0.3) is 0 Å². The molecule has 158 valence electrons. The van der Waals surface area contributed by atoms with Crippen molar-refractivity contribution in [2.45, 2.75) is 56.9 Å². The maximum absolute atomic E-state index is 13.3. The highest BCUT2D eigenvalue weighted by Gasteiger charge is 2.61. The summed E-state index contributed by atoms with van der Waals surface area (Å²) in [4.78, 5) is 25.6. The fourth-order valence-corrected chi connectivity index (χ4v) is 6.81. The van der Waals surface area contributed by atoms with E-state index in [-0.39, 0.29) is 29.9 Å². The normalized spacial score (nSPS) is 32.6. The molecule has 1 aromatic carbocycles.